The van der Waals surface area contributed by atoms with Crippen molar-refractivity contribution in [3.05, 3.63) is 35.4 Å². The van der Waals surface area contributed by atoms with Gasteiger partial charge in [0.2, 0.25) is 5.91 Å². The van der Waals surface area contributed by atoms with Gasteiger partial charge in [0, 0.05) is 38.6 Å². The predicted octanol–water partition coefficient (Wildman–Crippen LogP) is 2.66. The molecule has 1 heterocycles. The number of rotatable bonds is 3. The van der Waals surface area contributed by atoms with Gasteiger partial charge in [-0.25, -0.2) is 0 Å². The Bertz CT molecular complexity index is 504. The Labute approximate surface area is 127 Å². The number of hydrogen-bond donors (Lipinski definition) is 0. The van der Waals surface area contributed by atoms with Crippen molar-refractivity contribution in [1.29, 1.82) is 0 Å². The number of carbonyl (C=O) groups is 1. The molecule has 2 aliphatic rings. The molecule has 1 aliphatic heterocycles. The van der Waals surface area contributed by atoms with Gasteiger partial charge < -0.3 is 4.90 Å². The monoisotopic (exact) mass is 286 g/mol. The molecule has 0 spiro atoms. The fourth-order valence-electron chi connectivity index (χ4n) is 3.68. The van der Waals surface area contributed by atoms with Gasteiger partial charge in [0.25, 0.3) is 0 Å². The van der Waals surface area contributed by atoms with Crippen molar-refractivity contribution in [1.82, 2.24) is 9.80 Å². The van der Waals surface area contributed by atoms with Crippen molar-refractivity contribution in [2.24, 2.45) is 0 Å². The van der Waals surface area contributed by atoms with Crippen LogP contribution < -0.4 is 0 Å². The maximum atomic E-state index is 12.5. The van der Waals surface area contributed by atoms with E-state index in [9.17, 15) is 4.79 Å². The Morgan fingerprint density at radius 1 is 1.19 bits per heavy atom. The maximum Gasteiger partial charge on any atom is 0.223 e. The highest BCUT2D eigenvalue weighted by atomic mass is 16.2. The van der Waals surface area contributed by atoms with Crippen molar-refractivity contribution in [2.75, 3.05) is 26.2 Å². The van der Waals surface area contributed by atoms with E-state index in [2.05, 4.69) is 47.9 Å². The van der Waals surface area contributed by atoms with E-state index in [1.807, 2.05) is 0 Å². The Balaban J connectivity index is 1.56. The summed E-state index contributed by atoms with van der Waals surface area (Å²) >= 11 is 0. The minimum Gasteiger partial charge on any atom is -0.340 e. The van der Waals surface area contributed by atoms with E-state index in [1.54, 1.807) is 0 Å². The quantitative estimate of drug-likeness (QED) is 0.853. The minimum absolute atomic E-state index is 0.347. The largest absolute Gasteiger partial charge is 0.340 e. The molecule has 114 valence electrons. The zero-order valence-electron chi connectivity index (χ0n) is 13.2. The van der Waals surface area contributed by atoms with Crippen molar-refractivity contribution in [3.8, 4) is 0 Å². The van der Waals surface area contributed by atoms with E-state index in [0.717, 1.165) is 39.0 Å². The number of aryl methyl sites for hydroxylation is 1. The number of carbonyl (C=O) groups excluding carboxylic acids is 1. The lowest BCUT2D eigenvalue weighted by Crippen LogP contribution is -2.50. The third-order valence-corrected chi connectivity index (χ3v) is 5.08. The summed E-state index contributed by atoms with van der Waals surface area (Å²) in [5.74, 6) is 0.789. The van der Waals surface area contributed by atoms with E-state index >= 15 is 0 Å². The normalized spacial score (nSPS) is 22.6. The zero-order valence-corrected chi connectivity index (χ0v) is 13.2. The Kier molecular flexibility index (Phi) is 4.29. The van der Waals surface area contributed by atoms with Crippen molar-refractivity contribution < 1.29 is 4.79 Å². The highest BCUT2D eigenvalue weighted by Crippen LogP contribution is 2.35. The predicted molar refractivity (Wildman–Crippen MR) is 85.4 cm³/mol. The van der Waals surface area contributed by atoms with Gasteiger partial charge in [-0.3, -0.25) is 9.69 Å². The smallest absolute Gasteiger partial charge is 0.223 e. The average Bonchev–Trinajstić information content (AvgIpc) is 2.91. The molecule has 1 unspecified atom stereocenters. The van der Waals surface area contributed by atoms with Gasteiger partial charge in [0.05, 0.1) is 0 Å². The van der Waals surface area contributed by atoms with E-state index in [0.29, 0.717) is 24.3 Å². The Hall–Kier alpha value is -1.35. The summed E-state index contributed by atoms with van der Waals surface area (Å²) in [5, 5.41) is 0. The number of amides is 1. The summed E-state index contributed by atoms with van der Waals surface area (Å²) in [5.41, 5.74) is 2.85. The summed E-state index contributed by atoms with van der Waals surface area (Å²) in [7, 11) is 0. The number of benzene rings is 1. The molecule has 3 rings (SSSR count). The molecule has 21 heavy (non-hydrogen) atoms. The number of nitrogens with zero attached hydrogens (tertiary/aromatic N) is 2. The zero-order chi connectivity index (χ0) is 14.8. The number of piperazine rings is 1. The topological polar surface area (TPSA) is 23.6 Å². The van der Waals surface area contributed by atoms with Crippen LogP contribution in [0.1, 0.15) is 43.7 Å². The molecule has 1 aromatic rings. The number of fused-ring (bicyclic) bond motifs is 1. The van der Waals surface area contributed by atoms with Gasteiger partial charge in [-0.1, -0.05) is 24.3 Å². The van der Waals surface area contributed by atoms with Crippen LogP contribution >= 0.6 is 0 Å². The molecule has 1 fully saturated rings. The molecular formula is C18H26N2O. The third-order valence-electron chi connectivity index (χ3n) is 5.08. The van der Waals surface area contributed by atoms with Crippen molar-refractivity contribution in [3.63, 3.8) is 0 Å². The molecule has 3 nitrogen and oxygen atoms in total. The van der Waals surface area contributed by atoms with Crippen LogP contribution in [0.3, 0.4) is 0 Å². The molecule has 1 atom stereocenters. The van der Waals surface area contributed by atoms with E-state index < -0.39 is 0 Å². The second-order valence-corrected chi connectivity index (χ2v) is 6.65. The van der Waals surface area contributed by atoms with Crippen LogP contribution in [0.2, 0.25) is 0 Å². The second kappa shape index (κ2) is 6.18. The minimum atomic E-state index is 0.347. The Morgan fingerprint density at radius 3 is 2.62 bits per heavy atom. The summed E-state index contributed by atoms with van der Waals surface area (Å²) < 4.78 is 0. The van der Waals surface area contributed by atoms with Crippen LogP contribution in [0.4, 0.5) is 0 Å². The van der Waals surface area contributed by atoms with Crippen LogP contribution in [0.25, 0.3) is 0 Å². The lowest BCUT2D eigenvalue weighted by molar-refractivity contribution is -0.133. The molecule has 0 aromatic heterocycles. The SMILES string of the molecule is CC(C)N1CCN(C(=O)CC2CCc3ccccc32)CC1. The van der Waals surface area contributed by atoms with E-state index in [-0.39, 0.29) is 0 Å². The molecule has 1 amide bonds. The first-order valence-corrected chi connectivity index (χ1v) is 8.25. The summed E-state index contributed by atoms with van der Waals surface area (Å²) in [6.07, 6.45) is 2.96. The fourth-order valence-corrected chi connectivity index (χ4v) is 3.68. The van der Waals surface area contributed by atoms with Gasteiger partial charge in [-0.05, 0) is 43.7 Å². The van der Waals surface area contributed by atoms with E-state index in [1.165, 1.54) is 11.1 Å². The standard InChI is InChI=1S/C18H26N2O/c1-14(2)19-9-11-20(12-10-19)18(21)13-16-8-7-15-5-3-4-6-17(15)16/h3-6,14,16H,7-13H2,1-2H3. The van der Waals surface area contributed by atoms with Crippen molar-refractivity contribution >= 4 is 5.91 Å². The maximum absolute atomic E-state index is 12.5. The summed E-state index contributed by atoms with van der Waals surface area (Å²) in [6, 6.07) is 9.21. The van der Waals surface area contributed by atoms with Gasteiger partial charge >= 0.3 is 0 Å². The molecule has 3 heteroatoms. The second-order valence-electron chi connectivity index (χ2n) is 6.65. The first kappa shape index (κ1) is 14.6. The third kappa shape index (κ3) is 3.13. The average molecular weight is 286 g/mol. The van der Waals surface area contributed by atoms with Crippen LogP contribution in [0.5, 0.6) is 0 Å². The molecule has 1 saturated heterocycles. The number of hydrogen-bond acceptors (Lipinski definition) is 2. The van der Waals surface area contributed by atoms with Gasteiger partial charge in [-0.15, -0.1) is 0 Å². The molecule has 0 bridgehead atoms. The van der Waals surface area contributed by atoms with Gasteiger partial charge in [-0.2, -0.15) is 0 Å². The van der Waals surface area contributed by atoms with Gasteiger partial charge in [0.15, 0.2) is 0 Å². The molecular weight excluding hydrogens is 260 g/mol. The first-order chi connectivity index (χ1) is 10.1. The highest BCUT2D eigenvalue weighted by molar-refractivity contribution is 5.77. The lowest BCUT2D eigenvalue weighted by atomic mass is 9.97. The first-order valence-electron chi connectivity index (χ1n) is 8.25. The van der Waals surface area contributed by atoms with Crippen molar-refractivity contribution in [2.45, 2.75) is 45.1 Å². The molecule has 1 aliphatic carbocycles. The lowest BCUT2D eigenvalue weighted by Gasteiger charge is -2.37. The van der Waals surface area contributed by atoms with Crippen LogP contribution in [-0.2, 0) is 11.2 Å². The van der Waals surface area contributed by atoms with Crippen LogP contribution in [0.15, 0.2) is 24.3 Å². The fraction of sp³-hybridized carbons (Fsp3) is 0.611. The van der Waals surface area contributed by atoms with Crippen LogP contribution in [-0.4, -0.2) is 47.9 Å². The van der Waals surface area contributed by atoms with E-state index in [4.69, 9.17) is 0 Å². The summed E-state index contributed by atoms with van der Waals surface area (Å²) in [6.45, 7) is 8.28. The Morgan fingerprint density at radius 2 is 1.90 bits per heavy atom. The molecule has 0 radical (unpaired) electrons. The van der Waals surface area contributed by atoms with Gasteiger partial charge in [0.1, 0.15) is 0 Å². The highest BCUT2D eigenvalue weighted by Gasteiger charge is 2.28. The molecule has 0 saturated carbocycles. The molecule has 1 aromatic carbocycles. The molecule has 0 N–H and O–H groups in total. The summed E-state index contributed by atoms with van der Waals surface area (Å²) in [4.78, 5) is 17.1. The van der Waals surface area contributed by atoms with Crippen LogP contribution in [0, 0.1) is 0 Å².